The van der Waals surface area contributed by atoms with Gasteiger partial charge in [0.1, 0.15) is 5.82 Å². The van der Waals surface area contributed by atoms with E-state index in [2.05, 4.69) is 21.9 Å². The Labute approximate surface area is 190 Å². The highest BCUT2D eigenvalue weighted by Crippen LogP contribution is 2.47. The molecule has 1 atom stereocenters. The molecular weight excluding hydrogens is 430 g/mol. The van der Waals surface area contributed by atoms with Crippen LogP contribution in [0.1, 0.15) is 36.3 Å². The van der Waals surface area contributed by atoms with Gasteiger partial charge in [-0.15, -0.1) is 6.58 Å². The zero-order chi connectivity index (χ0) is 22.8. The van der Waals surface area contributed by atoms with E-state index in [1.54, 1.807) is 18.2 Å². The number of hydrogen-bond acceptors (Lipinski definition) is 8. The van der Waals surface area contributed by atoms with Gasteiger partial charge in [-0.25, -0.2) is 4.98 Å². The number of benzene rings is 1. The maximum Gasteiger partial charge on any atom is 0.257 e. The van der Waals surface area contributed by atoms with Crippen molar-refractivity contribution < 1.29 is 19.0 Å². The largest absolute Gasteiger partial charge is 0.493 e. The summed E-state index contributed by atoms with van der Waals surface area (Å²) < 4.78 is 16.5. The third kappa shape index (κ3) is 3.77. The summed E-state index contributed by atoms with van der Waals surface area (Å²) in [6, 6.07) is 3.57. The van der Waals surface area contributed by atoms with Crippen molar-refractivity contribution >= 4 is 23.4 Å². The quantitative estimate of drug-likeness (QED) is 0.371. The Morgan fingerprint density at radius 1 is 1.16 bits per heavy atom. The molecule has 1 aliphatic heterocycles. The number of carbonyl (C=O) groups excluding carboxylic acids is 1. The topological polar surface area (TPSA) is 103 Å². The molecule has 0 radical (unpaired) electrons. The average Bonchev–Trinajstić information content (AvgIpc) is 2.80. The molecule has 8 nitrogen and oxygen atoms in total. The van der Waals surface area contributed by atoms with Gasteiger partial charge in [0.2, 0.25) is 5.75 Å². The fourth-order valence-electron chi connectivity index (χ4n) is 4.25. The van der Waals surface area contributed by atoms with Gasteiger partial charge in [-0.2, -0.15) is 0 Å². The molecule has 168 valence electrons. The number of anilines is 1. The molecular formula is C23H25N3O5S. The molecule has 1 unspecified atom stereocenters. The third-order valence-corrected chi connectivity index (χ3v) is 6.46. The van der Waals surface area contributed by atoms with E-state index in [0.29, 0.717) is 63.5 Å². The Hall–Kier alpha value is -3.20. The molecule has 0 spiro atoms. The highest BCUT2D eigenvalue weighted by Gasteiger charge is 2.38. The van der Waals surface area contributed by atoms with E-state index in [0.717, 1.165) is 12.1 Å². The minimum absolute atomic E-state index is 0.0210. The zero-order valence-electron chi connectivity index (χ0n) is 18.2. The lowest BCUT2D eigenvalue weighted by Gasteiger charge is -2.33. The van der Waals surface area contributed by atoms with E-state index in [-0.39, 0.29) is 11.3 Å². The first kappa shape index (κ1) is 22.0. The van der Waals surface area contributed by atoms with Gasteiger partial charge in [0.25, 0.3) is 5.56 Å². The molecule has 32 heavy (non-hydrogen) atoms. The number of methoxy groups -OCH3 is 3. The third-order valence-electron chi connectivity index (χ3n) is 5.59. The number of Topliss-reactive ketones (excluding diaryl/α,β-unsaturated/α-hetero) is 1. The Bertz CT molecular complexity index is 1150. The van der Waals surface area contributed by atoms with Crippen LogP contribution in [0.15, 0.2) is 46.0 Å². The van der Waals surface area contributed by atoms with Crippen LogP contribution < -0.4 is 25.1 Å². The first-order valence-corrected chi connectivity index (χ1v) is 11.2. The van der Waals surface area contributed by atoms with Crippen LogP contribution >= 0.6 is 11.8 Å². The summed E-state index contributed by atoms with van der Waals surface area (Å²) in [7, 11) is 4.60. The fraction of sp³-hybridized carbons (Fsp3) is 0.348. The van der Waals surface area contributed by atoms with Gasteiger partial charge in [0, 0.05) is 29.4 Å². The smallest absolute Gasteiger partial charge is 0.257 e. The van der Waals surface area contributed by atoms with E-state index in [9.17, 15) is 9.59 Å². The number of nitrogens with one attached hydrogen (secondary N) is 2. The Morgan fingerprint density at radius 3 is 2.50 bits per heavy atom. The van der Waals surface area contributed by atoms with Crippen LogP contribution in [0.4, 0.5) is 5.82 Å². The Balaban J connectivity index is 1.96. The summed E-state index contributed by atoms with van der Waals surface area (Å²) in [4.78, 5) is 33.8. The van der Waals surface area contributed by atoms with Crippen molar-refractivity contribution in [1.29, 1.82) is 0 Å². The standard InChI is InChI=1S/C23H25N3O5S/c1-5-9-32-23-25-21-19(22(28)26-23)17(18-13(24-21)7-6-8-14(18)27)12-10-15(29-2)20(31-4)16(11-12)30-3/h5,10-11,17H,1,6-9H2,2-4H3,(H2,24,25,26,28). The van der Waals surface area contributed by atoms with E-state index in [1.807, 2.05) is 0 Å². The number of ether oxygens (including phenoxy) is 3. The maximum absolute atomic E-state index is 13.2. The molecule has 2 heterocycles. The van der Waals surface area contributed by atoms with Gasteiger partial charge in [-0.1, -0.05) is 17.8 Å². The van der Waals surface area contributed by atoms with E-state index < -0.39 is 5.92 Å². The van der Waals surface area contributed by atoms with Crippen LogP contribution in [0.5, 0.6) is 17.2 Å². The SMILES string of the molecule is C=CCSc1nc2c(c(=O)[nH]1)C(c1cc(OC)c(OC)c(OC)c1)C1=C(CCCC1=O)N2. The maximum atomic E-state index is 13.2. The van der Waals surface area contributed by atoms with Crippen molar-refractivity contribution in [2.45, 2.75) is 30.3 Å². The van der Waals surface area contributed by atoms with Crippen molar-refractivity contribution in [1.82, 2.24) is 9.97 Å². The van der Waals surface area contributed by atoms with Gasteiger partial charge >= 0.3 is 0 Å². The molecule has 1 aliphatic carbocycles. The first-order chi connectivity index (χ1) is 15.5. The number of H-pyrrole nitrogens is 1. The van der Waals surface area contributed by atoms with Crippen LogP contribution in [-0.2, 0) is 4.79 Å². The molecule has 2 N–H and O–H groups in total. The van der Waals surface area contributed by atoms with Gasteiger partial charge in [-0.05, 0) is 30.5 Å². The molecule has 2 aromatic rings. The van der Waals surface area contributed by atoms with E-state index in [4.69, 9.17) is 14.2 Å². The molecule has 2 aliphatic rings. The zero-order valence-corrected chi connectivity index (χ0v) is 19.1. The monoisotopic (exact) mass is 455 g/mol. The predicted octanol–water partition coefficient (Wildman–Crippen LogP) is 3.64. The number of aromatic nitrogens is 2. The molecule has 9 heteroatoms. The number of fused-ring (bicyclic) bond motifs is 1. The lowest BCUT2D eigenvalue weighted by atomic mass is 9.76. The molecule has 0 saturated carbocycles. The minimum Gasteiger partial charge on any atom is -0.493 e. The molecule has 1 aromatic carbocycles. The fourth-order valence-corrected chi connectivity index (χ4v) is 4.84. The van der Waals surface area contributed by atoms with E-state index >= 15 is 0 Å². The second-order valence-corrected chi connectivity index (χ2v) is 8.43. The van der Waals surface area contributed by atoms with Crippen LogP contribution in [-0.4, -0.2) is 42.8 Å². The van der Waals surface area contributed by atoms with Crippen LogP contribution in [0.2, 0.25) is 0 Å². The van der Waals surface area contributed by atoms with Crippen LogP contribution in [0, 0.1) is 0 Å². The second-order valence-electron chi connectivity index (χ2n) is 7.42. The molecule has 1 aromatic heterocycles. The number of carbonyl (C=O) groups is 1. The summed E-state index contributed by atoms with van der Waals surface area (Å²) in [6.07, 6.45) is 3.65. The number of ketones is 1. The van der Waals surface area contributed by atoms with Gasteiger partial charge < -0.3 is 24.5 Å². The summed E-state index contributed by atoms with van der Waals surface area (Å²) >= 11 is 1.39. The summed E-state index contributed by atoms with van der Waals surface area (Å²) in [5, 5.41) is 3.76. The molecule has 0 amide bonds. The Kier molecular flexibility index (Phi) is 6.27. The van der Waals surface area contributed by atoms with Crippen molar-refractivity contribution in [3.05, 3.63) is 57.5 Å². The minimum atomic E-state index is -0.600. The normalized spacial score (nSPS) is 17.2. The predicted molar refractivity (Wildman–Crippen MR) is 123 cm³/mol. The first-order valence-electron chi connectivity index (χ1n) is 10.2. The average molecular weight is 456 g/mol. The highest BCUT2D eigenvalue weighted by molar-refractivity contribution is 7.99. The number of thioether (sulfide) groups is 1. The van der Waals surface area contributed by atoms with E-state index in [1.165, 1.54) is 33.1 Å². The summed E-state index contributed by atoms with van der Waals surface area (Å²) in [5.41, 5.74) is 2.21. The van der Waals surface area contributed by atoms with Crippen molar-refractivity contribution in [2.75, 3.05) is 32.4 Å². The second kappa shape index (κ2) is 9.12. The Morgan fingerprint density at radius 2 is 1.88 bits per heavy atom. The van der Waals surface area contributed by atoms with Crippen LogP contribution in [0.3, 0.4) is 0 Å². The van der Waals surface area contributed by atoms with Gasteiger partial charge in [-0.3, -0.25) is 9.59 Å². The lowest BCUT2D eigenvalue weighted by molar-refractivity contribution is -0.116. The molecule has 0 saturated heterocycles. The van der Waals surface area contributed by atoms with Gasteiger partial charge in [0.15, 0.2) is 22.4 Å². The number of allylic oxidation sites excluding steroid dienone is 2. The number of hydrogen-bond donors (Lipinski definition) is 2. The highest BCUT2D eigenvalue weighted by atomic mass is 32.2. The lowest BCUT2D eigenvalue weighted by Crippen LogP contribution is -2.32. The molecule has 0 bridgehead atoms. The van der Waals surface area contributed by atoms with Crippen molar-refractivity contribution in [3.63, 3.8) is 0 Å². The molecule has 4 rings (SSSR count). The number of rotatable bonds is 7. The number of nitrogens with zero attached hydrogens (tertiary/aromatic N) is 1. The van der Waals surface area contributed by atoms with Crippen molar-refractivity contribution in [3.8, 4) is 17.2 Å². The number of aromatic amines is 1. The summed E-state index contributed by atoms with van der Waals surface area (Å²) in [5.74, 6) is 1.85. The van der Waals surface area contributed by atoms with Gasteiger partial charge in [0.05, 0.1) is 26.9 Å². The van der Waals surface area contributed by atoms with Crippen LogP contribution in [0.25, 0.3) is 0 Å². The summed E-state index contributed by atoms with van der Waals surface area (Å²) in [6.45, 7) is 3.71. The molecule has 0 fully saturated rings. The van der Waals surface area contributed by atoms with Crippen molar-refractivity contribution in [2.24, 2.45) is 0 Å².